The quantitative estimate of drug-likeness (QED) is 0.282. The van der Waals surface area contributed by atoms with Gasteiger partial charge in [0.05, 0.1) is 24.5 Å². The average molecular weight is 432 g/mol. The Morgan fingerprint density at radius 2 is 2.14 bits per heavy atom. The van der Waals surface area contributed by atoms with Gasteiger partial charge < -0.3 is 20.5 Å². The fourth-order valence-corrected chi connectivity index (χ4v) is 5.60. The van der Waals surface area contributed by atoms with E-state index in [-0.39, 0.29) is 16.5 Å². The molecule has 1 aromatic heterocycles. The molecule has 3 N–H and O–H groups in total. The minimum Gasteiger partial charge on any atom is -0.390 e. The smallest absolute Gasteiger partial charge is 0.191 e. The lowest BCUT2D eigenvalue weighted by atomic mass is 9.98. The molecule has 0 aromatic carbocycles. The van der Waals surface area contributed by atoms with E-state index in [1.54, 1.807) is 17.5 Å². The third-order valence-corrected chi connectivity index (χ3v) is 7.82. The van der Waals surface area contributed by atoms with E-state index < -0.39 is 15.9 Å². The van der Waals surface area contributed by atoms with Crippen LogP contribution in [0.15, 0.2) is 26.7 Å². The van der Waals surface area contributed by atoms with Gasteiger partial charge in [0.1, 0.15) is 4.21 Å². The number of nitrogens with zero attached hydrogens (tertiary/aromatic N) is 1. The summed E-state index contributed by atoms with van der Waals surface area (Å²) in [6, 6.07) is 3.24. The summed E-state index contributed by atoms with van der Waals surface area (Å²) in [6.07, 6.45) is 6.44. The number of sulfone groups is 1. The molecule has 1 saturated carbocycles. The molecule has 1 aromatic rings. The summed E-state index contributed by atoms with van der Waals surface area (Å²) in [6.45, 7) is 4.11. The number of rotatable bonds is 11. The molecule has 7 nitrogen and oxygen atoms in total. The van der Waals surface area contributed by atoms with E-state index in [0.29, 0.717) is 25.2 Å². The van der Waals surface area contributed by atoms with Crippen molar-refractivity contribution in [3.63, 3.8) is 0 Å². The minimum atomic E-state index is -3.47. The summed E-state index contributed by atoms with van der Waals surface area (Å²) in [5.74, 6) is 0.249. The normalized spacial score (nSPS) is 17.4. The van der Waals surface area contributed by atoms with E-state index in [4.69, 9.17) is 4.74 Å². The zero-order valence-electron chi connectivity index (χ0n) is 16.6. The van der Waals surface area contributed by atoms with Crippen molar-refractivity contribution in [3.05, 3.63) is 17.5 Å². The Morgan fingerprint density at radius 3 is 2.82 bits per heavy atom. The number of nitrogens with one attached hydrogen (secondary N) is 2. The number of ether oxygens (including phenoxy) is 1. The maximum Gasteiger partial charge on any atom is 0.191 e. The van der Waals surface area contributed by atoms with E-state index in [2.05, 4.69) is 15.6 Å². The second-order valence-electron chi connectivity index (χ2n) is 7.00. The van der Waals surface area contributed by atoms with Crippen LogP contribution >= 0.6 is 11.3 Å². The zero-order chi connectivity index (χ0) is 20.2. The number of thiophene rings is 1. The molecule has 28 heavy (non-hydrogen) atoms. The number of aliphatic imine (C=N–C) groups is 1. The van der Waals surface area contributed by atoms with Crippen molar-refractivity contribution in [1.29, 1.82) is 0 Å². The largest absolute Gasteiger partial charge is 0.390 e. The molecule has 0 spiro atoms. The summed E-state index contributed by atoms with van der Waals surface area (Å²) in [5, 5.41) is 18.1. The average Bonchev–Trinajstić information content (AvgIpc) is 3.22. The van der Waals surface area contributed by atoms with Crippen molar-refractivity contribution >= 4 is 27.1 Å². The molecule has 160 valence electrons. The second kappa shape index (κ2) is 12.4. The van der Waals surface area contributed by atoms with Gasteiger partial charge in [0.15, 0.2) is 15.8 Å². The van der Waals surface area contributed by atoms with Crippen molar-refractivity contribution in [1.82, 2.24) is 10.6 Å². The summed E-state index contributed by atoms with van der Waals surface area (Å²) < 4.78 is 30.6. The Labute approximate surface area is 172 Å². The van der Waals surface area contributed by atoms with Crippen LogP contribution in [-0.4, -0.2) is 63.7 Å². The Balaban J connectivity index is 1.70. The summed E-state index contributed by atoms with van der Waals surface area (Å²) >= 11 is 1.16. The van der Waals surface area contributed by atoms with Crippen LogP contribution in [0.3, 0.4) is 0 Å². The topological polar surface area (TPSA) is 100 Å². The van der Waals surface area contributed by atoms with Gasteiger partial charge in [-0.25, -0.2) is 8.42 Å². The van der Waals surface area contributed by atoms with Gasteiger partial charge in [0.25, 0.3) is 0 Å². The van der Waals surface area contributed by atoms with E-state index in [1.807, 2.05) is 6.92 Å². The highest BCUT2D eigenvalue weighted by Crippen LogP contribution is 2.20. The molecule has 1 heterocycles. The molecule has 9 heteroatoms. The molecule has 1 fully saturated rings. The molecule has 1 aliphatic rings. The minimum absolute atomic E-state index is 0.0263. The van der Waals surface area contributed by atoms with Gasteiger partial charge in [-0.2, -0.15) is 0 Å². The van der Waals surface area contributed by atoms with Crippen molar-refractivity contribution in [2.75, 3.05) is 32.0 Å². The maximum absolute atomic E-state index is 12.2. The van der Waals surface area contributed by atoms with Crippen LogP contribution in [0.25, 0.3) is 0 Å². The summed E-state index contributed by atoms with van der Waals surface area (Å²) in [5.41, 5.74) is 0. The van der Waals surface area contributed by atoms with Crippen LogP contribution in [-0.2, 0) is 14.6 Å². The van der Waals surface area contributed by atoms with Crippen LogP contribution in [0.5, 0.6) is 0 Å². The van der Waals surface area contributed by atoms with Crippen molar-refractivity contribution in [3.8, 4) is 0 Å². The SMILES string of the molecule is CCNC(=NCC(O)CS(=O)(=O)c1cccs1)NCCCOC1CCCCC1. The molecule has 0 radical (unpaired) electrons. The van der Waals surface area contributed by atoms with Crippen LogP contribution in [0.1, 0.15) is 45.4 Å². The number of aliphatic hydroxyl groups excluding tert-OH is 1. The predicted molar refractivity (Wildman–Crippen MR) is 114 cm³/mol. The Morgan fingerprint density at radius 1 is 1.36 bits per heavy atom. The van der Waals surface area contributed by atoms with Crippen LogP contribution in [0.4, 0.5) is 0 Å². The van der Waals surface area contributed by atoms with Crippen LogP contribution < -0.4 is 10.6 Å². The van der Waals surface area contributed by atoms with Gasteiger partial charge >= 0.3 is 0 Å². The van der Waals surface area contributed by atoms with E-state index in [0.717, 1.165) is 24.4 Å². The number of hydrogen-bond donors (Lipinski definition) is 3. The zero-order valence-corrected chi connectivity index (χ0v) is 18.2. The standard InChI is InChI=1S/C19H33N3O4S2/c1-2-20-19(21-11-7-12-26-17-8-4-3-5-9-17)22-14-16(23)15-28(24,25)18-10-6-13-27-18/h6,10,13,16-17,23H,2-5,7-9,11-12,14-15H2,1H3,(H2,20,21,22). The Bertz CT molecular complexity index is 671. The molecule has 1 aliphatic carbocycles. The highest BCUT2D eigenvalue weighted by Gasteiger charge is 2.20. The molecule has 0 bridgehead atoms. The fraction of sp³-hybridized carbons (Fsp3) is 0.737. The lowest BCUT2D eigenvalue weighted by Gasteiger charge is -2.22. The van der Waals surface area contributed by atoms with E-state index >= 15 is 0 Å². The predicted octanol–water partition coefficient (Wildman–Crippen LogP) is 2.18. The van der Waals surface area contributed by atoms with Gasteiger partial charge in [-0.15, -0.1) is 11.3 Å². The van der Waals surface area contributed by atoms with Crippen LogP contribution in [0, 0.1) is 0 Å². The molecular weight excluding hydrogens is 398 g/mol. The molecule has 1 unspecified atom stereocenters. The number of aliphatic hydroxyl groups is 1. The van der Waals surface area contributed by atoms with Gasteiger partial charge in [-0.05, 0) is 37.6 Å². The summed E-state index contributed by atoms with van der Waals surface area (Å²) in [7, 11) is -3.47. The van der Waals surface area contributed by atoms with Gasteiger partial charge in [-0.3, -0.25) is 4.99 Å². The van der Waals surface area contributed by atoms with Crippen LogP contribution in [0.2, 0.25) is 0 Å². The Kier molecular flexibility index (Phi) is 10.3. The van der Waals surface area contributed by atoms with E-state index in [1.165, 1.54) is 32.1 Å². The van der Waals surface area contributed by atoms with Crippen molar-refractivity contribution in [2.24, 2.45) is 4.99 Å². The third kappa shape index (κ3) is 8.46. The third-order valence-electron chi connectivity index (χ3n) is 4.54. The molecule has 1 atom stereocenters. The highest BCUT2D eigenvalue weighted by atomic mass is 32.2. The van der Waals surface area contributed by atoms with Gasteiger partial charge in [-0.1, -0.05) is 25.3 Å². The molecule has 0 amide bonds. The molecule has 0 aliphatic heterocycles. The van der Waals surface area contributed by atoms with E-state index in [9.17, 15) is 13.5 Å². The van der Waals surface area contributed by atoms with Gasteiger partial charge in [0, 0.05) is 19.7 Å². The molecular formula is C19H33N3O4S2. The Hall–Kier alpha value is -1.16. The lowest BCUT2D eigenvalue weighted by molar-refractivity contribution is 0.0277. The lowest BCUT2D eigenvalue weighted by Crippen LogP contribution is -2.39. The van der Waals surface area contributed by atoms with Crippen molar-refractivity contribution in [2.45, 2.75) is 61.9 Å². The molecule has 2 rings (SSSR count). The van der Waals surface area contributed by atoms with Gasteiger partial charge in [0.2, 0.25) is 0 Å². The monoisotopic (exact) mass is 431 g/mol. The van der Waals surface area contributed by atoms with Crippen molar-refractivity contribution < 1.29 is 18.3 Å². The summed E-state index contributed by atoms with van der Waals surface area (Å²) in [4.78, 5) is 4.31. The fourth-order valence-electron chi connectivity index (χ4n) is 3.13. The highest BCUT2D eigenvalue weighted by molar-refractivity contribution is 7.93. The first-order chi connectivity index (χ1) is 13.5. The molecule has 0 saturated heterocycles. The number of hydrogen-bond acceptors (Lipinski definition) is 6. The first-order valence-corrected chi connectivity index (χ1v) is 12.6. The first-order valence-electron chi connectivity index (χ1n) is 10.1. The first kappa shape index (κ1) is 23.1. The number of guanidine groups is 1. The second-order valence-corrected chi connectivity index (χ2v) is 10.2. The maximum atomic E-state index is 12.2.